The summed E-state index contributed by atoms with van der Waals surface area (Å²) in [5, 5.41) is 15.1. The van der Waals surface area contributed by atoms with E-state index >= 15 is 0 Å². The second-order valence-electron chi connectivity index (χ2n) is 4.50. The molecule has 5 nitrogen and oxygen atoms in total. The lowest BCUT2D eigenvalue weighted by molar-refractivity contribution is 0.169. The molecule has 0 spiro atoms. The van der Waals surface area contributed by atoms with E-state index in [4.69, 9.17) is 21.1 Å². The van der Waals surface area contributed by atoms with E-state index in [-0.39, 0.29) is 0 Å². The fourth-order valence-electron chi connectivity index (χ4n) is 2.28. The number of fused-ring (bicyclic) bond motifs is 1. The van der Waals surface area contributed by atoms with Gasteiger partial charge < -0.3 is 14.6 Å². The van der Waals surface area contributed by atoms with Crippen LogP contribution in [0.2, 0.25) is 5.02 Å². The number of rotatable bonds is 3. The number of nitrogens with zero attached hydrogens (tertiary/aromatic N) is 2. The summed E-state index contributed by atoms with van der Waals surface area (Å²) in [6.07, 6.45) is 0.697. The lowest BCUT2D eigenvalue weighted by atomic mass is 10.1. The first-order valence-electron chi connectivity index (χ1n) is 6.49. The van der Waals surface area contributed by atoms with Gasteiger partial charge in [0.25, 0.3) is 0 Å². The van der Waals surface area contributed by atoms with E-state index in [0.29, 0.717) is 47.5 Å². The van der Waals surface area contributed by atoms with Crippen LogP contribution in [0.3, 0.4) is 0 Å². The van der Waals surface area contributed by atoms with Gasteiger partial charge in [-0.15, -0.1) is 0 Å². The van der Waals surface area contributed by atoms with Gasteiger partial charge in [-0.25, -0.2) is 0 Å². The fraction of sp³-hybridized carbons (Fsp3) is 0.357. The van der Waals surface area contributed by atoms with Crippen molar-refractivity contribution in [2.75, 3.05) is 13.2 Å². The number of aryl methyl sites for hydroxylation is 1. The molecule has 1 aliphatic heterocycles. The quantitative estimate of drug-likeness (QED) is 0.944. The van der Waals surface area contributed by atoms with Crippen LogP contribution in [0.15, 0.2) is 24.4 Å². The number of aromatic nitrogens is 2. The SMILES string of the molecule is CCn1ncc(Cl)c1C(O)c1ccc2c(c1)OCCO2. The highest BCUT2D eigenvalue weighted by Crippen LogP contribution is 2.35. The van der Waals surface area contributed by atoms with Crippen LogP contribution >= 0.6 is 11.6 Å². The third-order valence-electron chi connectivity index (χ3n) is 3.27. The molecule has 0 fully saturated rings. The van der Waals surface area contributed by atoms with E-state index in [0.717, 1.165) is 0 Å². The first-order valence-corrected chi connectivity index (χ1v) is 6.87. The average molecular weight is 295 g/mol. The molecule has 1 aliphatic rings. The molecule has 0 bridgehead atoms. The molecule has 6 heteroatoms. The summed E-state index contributed by atoms with van der Waals surface area (Å²) >= 11 is 6.11. The van der Waals surface area contributed by atoms with Crippen LogP contribution in [0.4, 0.5) is 0 Å². The topological polar surface area (TPSA) is 56.5 Å². The minimum Gasteiger partial charge on any atom is -0.486 e. The van der Waals surface area contributed by atoms with Crippen molar-refractivity contribution in [1.82, 2.24) is 9.78 Å². The predicted octanol–water partition coefficient (Wildman–Crippen LogP) is 2.41. The summed E-state index contributed by atoms with van der Waals surface area (Å²) in [5.41, 5.74) is 1.29. The van der Waals surface area contributed by atoms with Gasteiger partial charge >= 0.3 is 0 Å². The minimum atomic E-state index is -0.847. The Kier molecular flexibility index (Phi) is 3.54. The number of halogens is 1. The van der Waals surface area contributed by atoms with Gasteiger partial charge in [0.15, 0.2) is 11.5 Å². The summed E-state index contributed by atoms with van der Waals surface area (Å²) in [4.78, 5) is 0. The van der Waals surface area contributed by atoms with E-state index in [1.54, 1.807) is 23.0 Å². The van der Waals surface area contributed by atoms with Gasteiger partial charge in [0.2, 0.25) is 0 Å². The summed E-state index contributed by atoms with van der Waals surface area (Å²) < 4.78 is 12.7. The van der Waals surface area contributed by atoms with Crippen LogP contribution in [0, 0.1) is 0 Å². The predicted molar refractivity (Wildman–Crippen MR) is 74.4 cm³/mol. The van der Waals surface area contributed by atoms with Crippen LogP contribution < -0.4 is 9.47 Å². The van der Waals surface area contributed by atoms with Crippen molar-refractivity contribution in [1.29, 1.82) is 0 Å². The Morgan fingerprint density at radius 3 is 2.85 bits per heavy atom. The average Bonchev–Trinajstić information content (AvgIpc) is 2.87. The number of hydrogen-bond acceptors (Lipinski definition) is 4. The van der Waals surface area contributed by atoms with Gasteiger partial charge in [0, 0.05) is 6.54 Å². The van der Waals surface area contributed by atoms with Crippen LogP contribution in [0.5, 0.6) is 11.5 Å². The second-order valence-corrected chi connectivity index (χ2v) is 4.91. The first kappa shape index (κ1) is 13.3. The summed E-state index contributed by atoms with van der Waals surface area (Å²) in [6, 6.07) is 5.39. The molecule has 0 saturated heterocycles. The van der Waals surface area contributed by atoms with Crippen LogP contribution in [0.1, 0.15) is 24.3 Å². The number of hydrogen-bond donors (Lipinski definition) is 1. The van der Waals surface area contributed by atoms with Crippen molar-refractivity contribution < 1.29 is 14.6 Å². The molecule has 0 saturated carbocycles. The van der Waals surface area contributed by atoms with Crippen LogP contribution in [-0.2, 0) is 6.54 Å². The van der Waals surface area contributed by atoms with E-state index in [1.165, 1.54) is 0 Å². The Morgan fingerprint density at radius 2 is 2.10 bits per heavy atom. The highest BCUT2D eigenvalue weighted by Gasteiger charge is 2.21. The zero-order valence-corrected chi connectivity index (χ0v) is 11.8. The van der Waals surface area contributed by atoms with Gasteiger partial charge in [0.1, 0.15) is 19.3 Å². The van der Waals surface area contributed by atoms with Crippen molar-refractivity contribution in [2.24, 2.45) is 0 Å². The molecule has 0 amide bonds. The Hall–Kier alpha value is -1.72. The summed E-state index contributed by atoms with van der Waals surface area (Å²) in [7, 11) is 0. The Bertz CT molecular complexity index is 627. The molecular formula is C14H15ClN2O3. The molecule has 1 N–H and O–H groups in total. The van der Waals surface area contributed by atoms with Crippen LogP contribution in [-0.4, -0.2) is 28.1 Å². The highest BCUT2D eigenvalue weighted by molar-refractivity contribution is 6.31. The van der Waals surface area contributed by atoms with E-state index in [1.807, 2.05) is 13.0 Å². The molecule has 20 heavy (non-hydrogen) atoms. The molecule has 2 heterocycles. The molecule has 0 radical (unpaired) electrons. The largest absolute Gasteiger partial charge is 0.486 e. The van der Waals surface area contributed by atoms with Crippen molar-refractivity contribution in [3.8, 4) is 11.5 Å². The van der Waals surface area contributed by atoms with Crippen molar-refractivity contribution in [3.63, 3.8) is 0 Å². The van der Waals surface area contributed by atoms with Crippen molar-refractivity contribution in [3.05, 3.63) is 40.7 Å². The maximum absolute atomic E-state index is 10.5. The third kappa shape index (κ3) is 2.23. The fourth-order valence-corrected chi connectivity index (χ4v) is 2.53. The molecule has 0 aliphatic carbocycles. The van der Waals surface area contributed by atoms with E-state index < -0.39 is 6.10 Å². The van der Waals surface area contributed by atoms with Crippen molar-refractivity contribution in [2.45, 2.75) is 19.6 Å². The molecule has 1 atom stereocenters. The summed E-state index contributed by atoms with van der Waals surface area (Å²) in [6.45, 7) is 3.65. The van der Waals surface area contributed by atoms with Gasteiger partial charge in [-0.05, 0) is 24.6 Å². The zero-order chi connectivity index (χ0) is 14.1. The maximum atomic E-state index is 10.5. The zero-order valence-electron chi connectivity index (χ0n) is 11.0. The lowest BCUT2D eigenvalue weighted by Gasteiger charge is -2.20. The molecule has 3 rings (SSSR count). The molecule has 1 unspecified atom stereocenters. The third-order valence-corrected chi connectivity index (χ3v) is 3.56. The Balaban J connectivity index is 1.97. The number of ether oxygens (including phenoxy) is 2. The minimum absolute atomic E-state index is 0.453. The molecule has 106 valence electrons. The highest BCUT2D eigenvalue weighted by atomic mass is 35.5. The van der Waals surface area contributed by atoms with Gasteiger partial charge in [-0.2, -0.15) is 5.10 Å². The standard InChI is InChI=1S/C14H15ClN2O3/c1-2-17-13(10(15)8-16-17)14(18)9-3-4-11-12(7-9)20-6-5-19-11/h3-4,7-8,14,18H,2,5-6H2,1H3. The first-order chi connectivity index (χ1) is 9.70. The Labute approximate surface area is 121 Å². The normalized spacial score (nSPS) is 15.2. The summed E-state index contributed by atoms with van der Waals surface area (Å²) in [5.74, 6) is 1.34. The van der Waals surface area contributed by atoms with E-state index in [2.05, 4.69) is 5.10 Å². The molecular weight excluding hydrogens is 280 g/mol. The van der Waals surface area contributed by atoms with Gasteiger partial charge in [-0.3, -0.25) is 4.68 Å². The number of benzene rings is 1. The van der Waals surface area contributed by atoms with Crippen LogP contribution in [0.25, 0.3) is 0 Å². The number of aliphatic hydroxyl groups is 1. The maximum Gasteiger partial charge on any atom is 0.161 e. The van der Waals surface area contributed by atoms with E-state index in [9.17, 15) is 5.11 Å². The number of aliphatic hydroxyl groups excluding tert-OH is 1. The molecule has 1 aromatic heterocycles. The Morgan fingerprint density at radius 1 is 1.35 bits per heavy atom. The second kappa shape index (κ2) is 5.34. The van der Waals surface area contributed by atoms with Gasteiger partial charge in [0.05, 0.1) is 16.9 Å². The smallest absolute Gasteiger partial charge is 0.161 e. The lowest BCUT2D eigenvalue weighted by Crippen LogP contribution is -2.16. The van der Waals surface area contributed by atoms with Gasteiger partial charge in [-0.1, -0.05) is 17.7 Å². The molecule has 1 aromatic carbocycles. The van der Waals surface area contributed by atoms with Crippen molar-refractivity contribution >= 4 is 11.6 Å². The molecule has 2 aromatic rings. The monoisotopic (exact) mass is 294 g/mol.